The summed E-state index contributed by atoms with van der Waals surface area (Å²) in [4.78, 5) is 28.0. The molecule has 0 aliphatic carbocycles. The fraction of sp³-hybridized carbons (Fsp3) is 0. The number of nitrogens with zero attached hydrogens (tertiary/aromatic N) is 1. The van der Waals surface area contributed by atoms with Gasteiger partial charge in [-0.05, 0) is 6.07 Å². The number of H-pyrrole nitrogens is 1. The fourth-order valence-corrected chi connectivity index (χ4v) is 1.30. The van der Waals surface area contributed by atoms with Gasteiger partial charge in [0.05, 0.1) is 0 Å². The van der Waals surface area contributed by atoms with Crippen LogP contribution < -0.4 is 0 Å². The molecule has 0 amide bonds. The first-order valence-electron chi connectivity index (χ1n) is 3.73. The number of aromatic amines is 1. The first-order valence-corrected chi connectivity index (χ1v) is 3.73. The van der Waals surface area contributed by atoms with Crippen LogP contribution in [-0.2, 0) is 0 Å². The Balaban J connectivity index is 2.90. The minimum Gasteiger partial charge on any atom is -0.345 e. The van der Waals surface area contributed by atoms with Gasteiger partial charge in [-0.1, -0.05) is 0 Å². The molecule has 0 aliphatic rings. The summed E-state index contributed by atoms with van der Waals surface area (Å²) in [6.07, 6.45) is 4.48. The molecule has 1 N–H and O–H groups in total. The first-order chi connectivity index (χ1) is 6.36. The van der Waals surface area contributed by atoms with Crippen molar-refractivity contribution in [2.45, 2.75) is 0 Å². The van der Waals surface area contributed by atoms with Crippen LogP contribution in [0.3, 0.4) is 0 Å². The van der Waals surface area contributed by atoms with Crippen molar-refractivity contribution in [2.24, 2.45) is 0 Å². The van der Waals surface area contributed by atoms with Crippen molar-refractivity contribution in [3.05, 3.63) is 29.6 Å². The third kappa shape index (κ3) is 1.03. The van der Waals surface area contributed by atoms with E-state index in [4.69, 9.17) is 0 Å². The summed E-state index contributed by atoms with van der Waals surface area (Å²) in [5.41, 5.74) is 1.50. The molecule has 0 saturated heterocycles. The van der Waals surface area contributed by atoms with Crippen LogP contribution in [-0.4, -0.2) is 22.5 Å². The van der Waals surface area contributed by atoms with Crippen molar-refractivity contribution in [3.8, 4) is 0 Å². The van der Waals surface area contributed by atoms with E-state index in [1.54, 1.807) is 6.07 Å². The molecule has 0 aliphatic heterocycles. The van der Waals surface area contributed by atoms with Gasteiger partial charge in [0, 0.05) is 28.9 Å². The molecule has 13 heavy (non-hydrogen) atoms. The average Bonchev–Trinajstić information content (AvgIpc) is 2.60. The van der Waals surface area contributed by atoms with Gasteiger partial charge in [-0.3, -0.25) is 9.59 Å². The van der Waals surface area contributed by atoms with Crippen LogP contribution >= 0.6 is 0 Å². The Morgan fingerprint density at radius 2 is 2.00 bits per heavy atom. The summed E-state index contributed by atoms with van der Waals surface area (Å²) in [7, 11) is 0. The number of rotatable bonds is 2. The maximum absolute atomic E-state index is 10.6. The SMILES string of the molecule is O=Cc1ccnc2[nH]cc(C=O)c12. The number of carbonyl (C=O) groups is 2. The van der Waals surface area contributed by atoms with Crippen LogP contribution in [0.25, 0.3) is 11.0 Å². The fourth-order valence-electron chi connectivity index (χ4n) is 1.30. The van der Waals surface area contributed by atoms with Gasteiger partial charge in [0.1, 0.15) is 5.65 Å². The van der Waals surface area contributed by atoms with Crippen molar-refractivity contribution >= 4 is 23.6 Å². The van der Waals surface area contributed by atoms with Gasteiger partial charge in [0.2, 0.25) is 0 Å². The van der Waals surface area contributed by atoms with E-state index in [9.17, 15) is 9.59 Å². The minimum absolute atomic E-state index is 0.463. The second kappa shape index (κ2) is 2.82. The lowest BCUT2D eigenvalue weighted by Gasteiger charge is -1.93. The Kier molecular flexibility index (Phi) is 1.66. The lowest BCUT2D eigenvalue weighted by molar-refractivity contribution is 0.112. The molecule has 0 aromatic carbocycles. The van der Waals surface area contributed by atoms with Crippen molar-refractivity contribution < 1.29 is 9.59 Å². The van der Waals surface area contributed by atoms with Crippen molar-refractivity contribution in [1.29, 1.82) is 0 Å². The molecule has 0 fully saturated rings. The molecule has 0 saturated carbocycles. The Labute approximate surface area is 73.6 Å². The molecule has 0 spiro atoms. The van der Waals surface area contributed by atoms with E-state index in [1.807, 2.05) is 0 Å². The van der Waals surface area contributed by atoms with Crippen LogP contribution in [0.5, 0.6) is 0 Å². The number of carbonyl (C=O) groups excluding carboxylic acids is 2. The first kappa shape index (κ1) is 7.67. The van der Waals surface area contributed by atoms with Gasteiger partial charge in [0.15, 0.2) is 12.6 Å². The highest BCUT2D eigenvalue weighted by Crippen LogP contribution is 2.17. The number of fused-ring (bicyclic) bond motifs is 1. The molecule has 0 unspecified atom stereocenters. The molecular weight excluding hydrogens is 168 g/mol. The number of nitrogens with one attached hydrogen (secondary N) is 1. The maximum Gasteiger partial charge on any atom is 0.152 e. The number of hydrogen-bond acceptors (Lipinski definition) is 3. The number of pyridine rings is 1. The second-order valence-electron chi connectivity index (χ2n) is 2.60. The third-order valence-electron chi connectivity index (χ3n) is 1.89. The van der Waals surface area contributed by atoms with Crippen molar-refractivity contribution in [2.75, 3.05) is 0 Å². The molecule has 0 radical (unpaired) electrons. The van der Waals surface area contributed by atoms with Gasteiger partial charge in [-0.25, -0.2) is 4.98 Å². The van der Waals surface area contributed by atoms with E-state index >= 15 is 0 Å². The highest BCUT2D eigenvalue weighted by atomic mass is 16.1. The Morgan fingerprint density at radius 3 is 2.69 bits per heavy atom. The molecule has 0 bridgehead atoms. The molecule has 4 nitrogen and oxygen atoms in total. The molecule has 4 heteroatoms. The number of aromatic nitrogens is 2. The normalized spacial score (nSPS) is 10.2. The summed E-state index contributed by atoms with van der Waals surface area (Å²) in [6, 6.07) is 1.58. The lowest BCUT2D eigenvalue weighted by Crippen LogP contribution is -1.86. The summed E-state index contributed by atoms with van der Waals surface area (Å²) in [6.45, 7) is 0. The second-order valence-corrected chi connectivity index (χ2v) is 2.60. The Hall–Kier alpha value is -1.97. The largest absolute Gasteiger partial charge is 0.345 e. The predicted octanol–water partition coefficient (Wildman–Crippen LogP) is 1.19. The van der Waals surface area contributed by atoms with Crippen LogP contribution in [0.2, 0.25) is 0 Å². The van der Waals surface area contributed by atoms with Gasteiger partial charge in [-0.2, -0.15) is 0 Å². The third-order valence-corrected chi connectivity index (χ3v) is 1.89. The van der Waals surface area contributed by atoms with Gasteiger partial charge >= 0.3 is 0 Å². The van der Waals surface area contributed by atoms with E-state index < -0.39 is 0 Å². The molecule has 64 valence electrons. The highest BCUT2D eigenvalue weighted by molar-refractivity contribution is 6.04. The number of hydrogen-bond donors (Lipinski definition) is 1. The predicted molar refractivity (Wildman–Crippen MR) is 46.9 cm³/mol. The zero-order valence-corrected chi connectivity index (χ0v) is 6.65. The molecular formula is C9H6N2O2. The van der Waals surface area contributed by atoms with Gasteiger partial charge in [-0.15, -0.1) is 0 Å². The molecule has 2 heterocycles. The maximum atomic E-state index is 10.6. The van der Waals surface area contributed by atoms with E-state index in [0.29, 0.717) is 34.7 Å². The van der Waals surface area contributed by atoms with E-state index in [1.165, 1.54) is 12.4 Å². The van der Waals surface area contributed by atoms with Crippen molar-refractivity contribution in [1.82, 2.24) is 9.97 Å². The monoisotopic (exact) mass is 174 g/mol. The smallest absolute Gasteiger partial charge is 0.152 e. The lowest BCUT2D eigenvalue weighted by atomic mass is 10.1. The van der Waals surface area contributed by atoms with E-state index in [2.05, 4.69) is 9.97 Å². The molecule has 2 aromatic heterocycles. The molecule has 2 rings (SSSR count). The quantitative estimate of drug-likeness (QED) is 0.695. The standard InChI is InChI=1S/C9H6N2O2/c12-4-6-1-2-10-9-8(6)7(5-13)3-11-9/h1-5H,(H,10,11). The highest BCUT2D eigenvalue weighted by Gasteiger charge is 2.07. The zero-order valence-electron chi connectivity index (χ0n) is 6.65. The Bertz CT molecular complexity index is 473. The summed E-state index contributed by atoms with van der Waals surface area (Å²) >= 11 is 0. The van der Waals surface area contributed by atoms with Crippen LogP contribution in [0.15, 0.2) is 18.5 Å². The topological polar surface area (TPSA) is 62.8 Å². The van der Waals surface area contributed by atoms with E-state index in [-0.39, 0.29) is 0 Å². The summed E-state index contributed by atoms with van der Waals surface area (Å²) < 4.78 is 0. The van der Waals surface area contributed by atoms with E-state index in [0.717, 1.165) is 0 Å². The minimum atomic E-state index is 0.463. The Morgan fingerprint density at radius 1 is 1.23 bits per heavy atom. The summed E-state index contributed by atoms with van der Waals surface area (Å²) in [5.74, 6) is 0. The van der Waals surface area contributed by atoms with Gasteiger partial charge in [0.25, 0.3) is 0 Å². The van der Waals surface area contributed by atoms with Crippen LogP contribution in [0, 0.1) is 0 Å². The van der Waals surface area contributed by atoms with Crippen LogP contribution in [0.4, 0.5) is 0 Å². The number of aldehydes is 2. The molecule has 2 aromatic rings. The molecule has 0 atom stereocenters. The average molecular weight is 174 g/mol. The zero-order chi connectivity index (χ0) is 9.26. The van der Waals surface area contributed by atoms with Crippen molar-refractivity contribution in [3.63, 3.8) is 0 Å². The summed E-state index contributed by atoms with van der Waals surface area (Å²) in [5, 5.41) is 0.590. The van der Waals surface area contributed by atoms with Gasteiger partial charge < -0.3 is 4.98 Å². The van der Waals surface area contributed by atoms with Crippen LogP contribution in [0.1, 0.15) is 20.7 Å².